The third kappa shape index (κ3) is 3.26. The van der Waals surface area contributed by atoms with Gasteiger partial charge in [-0.05, 0) is 13.3 Å². The molecule has 5 heteroatoms. The molecule has 1 aromatic heterocycles. The largest absolute Gasteiger partial charge is 0.340 e. The Morgan fingerprint density at radius 3 is 3.00 bits per heavy atom. The van der Waals surface area contributed by atoms with Crippen molar-refractivity contribution in [1.82, 2.24) is 20.4 Å². The van der Waals surface area contributed by atoms with Gasteiger partial charge in [0.25, 0.3) is 0 Å². The summed E-state index contributed by atoms with van der Waals surface area (Å²) in [6.07, 6.45) is 2.06. The lowest BCUT2D eigenvalue weighted by atomic mass is 10.1. The number of piperazine rings is 1. The maximum absolute atomic E-state index is 4.99. The van der Waals surface area contributed by atoms with Crippen molar-refractivity contribution in [2.45, 2.75) is 45.7 Å². The predicted molar refractivity (Wildman–Crippen MR) is 65.9 cm³/mol. The molecule has 2 heterocycles. The molecule has 0 amide bonds. The molecule has 1 aliphatic heterocycles. The zero-order valence-electron chi connectivity index (χ0n) is 10.9. The van der Waals surface area contributed by atoms with Crippen LogP contribution in [-0.4, -0.2) is 46.8 Å². The maximum atomic E-state index is 4.99. The van der Waals surface area contributed by atoms with Crippen molar-refractivity contribution in [3.63, 3.8) is 0 Å². The molecular weight excluding hydrogens is 216 g/mol. The second-order valence-corrected chi connectivity index (χ2v) is 4.85. The van der Waals surface area contributed by atoms with E-state index in [1.165, 1.54) is 6.42 Å². The summed E-state index contributed by atoms with van der Waals surface area (Å²) < 4.78 is 4.99. The Bertz CT molecular complexity index is 352. The summed E-state index contributed by atoms with van der Waals surface area (Å²) in [6.45, 7) is 9.52. The van der Waals surface area contributed by atoms with Gasteiger partial charge in [0.2, 0.25) is 5.89 Å². The Hall–Kier alpha value is -0.940. The third-order valence-electron chi connectivity index (χ3n) is 3.39. The fourth-order valence-corrected chi connectivity index (χ4v) is 2.39. The van der Waals surface area contributed by atoms with Crippen LogP contribution in [-0.2, 0) is 6.42 Å². The first-order valence-electron chi connectivity index (χ1n) is 6.45. The first-order valence-corrected chi connectivity index (χ1v) is 6.45. The van der Waals surface area contributed by atoms with Gasteiger partial charge in [0.15, 0.2) is 5.82 Å². The molecule has 17 heavy (non-hydrogen) atoms. The lowest BCUT2D eigenvalue weighted by Crippen LogP contribution is -2.55. The molecule has 96 valence electrons. The van der Waals surface area contributed by atoms with Gasteiger partial charge in [-0.15, -0.1) is 0 Å². The van der Waals surface area contributed by atoms with E-state index in [-0.39, 0.29) is 0 Å². The van der Waals surface area contributed by atoms with E-state index in [2.05, 4.69) is 34.2 Å². The molecule has 2 atom stereocenters. The second kappa shape index (κ2) is 5.60. The van der Waals surface area contributed by atoms with Crippen LogP contribution in [0.1, 0.15) is 32.0 Å². The van der Waals surface area contributed by atoms with Crippen LogP contribution in [0.25, 0.3) is 0 Å². The average Bonchev–Trinajstić information content (AvgIpc) is 2.73. The molecule has 5 nitrogen and oxygen atoms in total. The number of aryl methyl sites for hydroxylation is 1. The van der Waals surface area contributed by atoms with Crippen molar-refractivity contribution in [3.05, 3.63) is 11.7 Å². The molecule has 0 spiro atoms. The van der Waals surface area contributed by atoms with Crippen LogP contribution in [0.15, 0.2) is 4.52 Å². The van der Waals surface area contributed by atoms with E-state index in [0.29, 0.717) is 18.0 Å². The monoisotopic (exact) mass is 238 g/mol. The van der Waals surface area contributed by atoms with E-state index in [0.717, 1.165) is 31.9 Å². The summed E-state index contributed by atoms with van der Waals surface area (Å²) >= 11 is 0. The third-order valence-corrected chi connectivity index (χ3v) is 3.39. The van der Waals surface area contributed by atoms with Crippen LogP contribution >= 0.6 is 0 Å². The Balaban J connectivity index is 1.87. The van der Waals surface area contributed by atoms with Crippen LogP contribution in [0.3, 0.4) is 0 Å². The van der Waals surface area contributed by atoms with Crippen molar-refractivity contribution in [2.24, 2.45) is 0 Å². The zero-order valence-corrected chi connectivity index (χ0v) is 10.9. The second-order valence-electron chi connectivity index (χ2n) is 4.85. The van der Waals surface area contributed by atoms with Crippen LogP contribution in [0.4, 0.5) is 0 Å². The predicted octanol–water partition coefficient (Wildman–Crippen LogP) is 0.993. The van der Waals surface area contributed by atoms with Crippen molar-refractivity contribution < 1.29 is 4.52 Å². The van der Waals surface area contributed by atoms with Crippen LogP contribution in [0.2, 0.25) is 0 Å². The summed E-state index contributed by atoms with van der Waals surface area (Å²) in [5.74, 6) is 1.48. The van der Waals surface area contributed by atoms with Gasteiger partial charge in [-0.2, -0.15) is 4.98 Å². The van der Waals surface area contributed by atoms with Crippen molar-refractivity contribution in [1.29, 1.82) is 0 Å². The van der Waals surface area contributed by atoms with Crippen LogP contribution in [0.5, 0.6) is 0 Å². The first-order chi connectivity index (χ1) is 8.19. The molecule has 2 unspecified atom stereocenters. The fraction of sp³-hybridized carbons (Fsp3) is 0.833. The van der Waals surface area contributed by atoms with E-state index < -0.39 is 0 Å². The van der Waals surface area contributed by atoms with Gasteiger partial charge in [0, 0.05) is 45.1 Å². The van der Waals surface area contributed by atoms with Gasteiger partial charge >= 0.3 is 0 Å². The fourth-order valence-electron chi connectivity index (χ4n) is 2.39. The zero-order chi connectivity index (χ0) is 12.3. The average molecular weight is 238 g/mol. The number of nitrogens with zero attached hydrogens (tertiary/aromatic N) is 3. The van der Waals surface area contributed by atoms with Gasteiger partial charge in [-0.1, -0.05) is 12.1 Å². The standard InChI is InChI=1S/C12H22N4O/c1-4-11-7-13-9(2)8-16(11)6-5-12-14-10(3)17-15-12/h9,11,13H,4-8H2,1-3H3. The SMILES string of the molecule is CCC1CNC(C)CN1CCc1noc(C)n1. The lowest BCUT2D eigenvalue weighted by Gasteiger charge is -2.38. The van der Waals surface area contributed by atoms with Gasteiger partial charge in [0.1, 0.15) is 0 Å². The number of nitrogens with one attached hydrogen (secondary N) is 1. The summed E-state index contributed by atoms with van der Waals surface area (Å²) in [5, 5.41) is 7.47. The van der Waals surface area contributed by atoms with Crippen molar-refractivity contribution in [3.8, 4) is 0 Å². The molecule has 2 rings (SSSR count). The lowest BCUT2D eigenvalue weighted by molar-refractivity contribution is 0.132. The Kier molecular flexibility index (Phi) is 4.12. The minimum Gasteiger partial charge on any atom is -0.340 e. The van der Waals surface area contributed by atoms with E-state index in [9.17, 15) is 0 Å². The summed E-state index contributed by atoms with van der Waals surface area (Å²) in [4.78, 5) is 6.78. The number of hydrogen-bond acceptors (Lipinski definition) is 5. The highest BCUT2D eigenvalue weighted by atomic mass is 16.5. The Labute approximate surface area is 103 Å². The number of aromatic nitrogens is 2. The quantitative estimate of drug-likeness (QED) is 0.848. The van der Waals surface area contributed by atoms with E-state index in [4.69, 9.17) is 4.52 Å². The van der Waals surface area contributed by atoms with Gasteiger partial charge in [-0.25, -0.2) is 0 Å². The maximum Gasteiger partial charge on any atom is 0.223 e. The minimum atomic E-state index is 0.574. The smallest absolute Gasteiger partial charge is 0.223 e. The highest BCUT2D eigenvalue weighted by Gasteiger charge is 2.24. The molecule has 1 fully saturated rings. The summed E-state index contributed by atoms with van der Waals surface area (Å²) in [7, 11) is 0. The van der Waals surface area contributed by atoms with Gasteiger partial charge < -0.3 is 9.84 Å². The number of rotatable bonds is 4. The molecule has 1 saturated heterocycles. The Morgan fingerprint density at radius 2 is 2.35 bits per heavy atom. The van der Waals surface area contributed by atoms with E-state index in [1.807, 2.05) is 6.92 Å². The van der Waals surface area contributed by atoms with Gasteiger partial charge in [0.05, 0.1) is 0 Å². The molecule has 1 N–H and O–H groups in total. The highest BCUT2D eigenvalue weighted by molar-refractivity contribution is 4.88. The van der Waals surface area contributed by atoms with Gasteiger partial charge in [-0.3, -0.25) is 4.90 Å². The molecule has 0 aromatic carbocycles. The van der Waals surface area contributed by atoms with Crippen molar-refractivity contribution in [2.75, 3.05) is 19.6 Å². The number of hydrogen-bond donors (Lipinski definition) is 1. The van der Waals surface area contributed by atoms with E-state index >= 15 is 0 Å². The highest BCUT2D eigenvalue weighted by Crippen LogP contribution is 2.11. The molecule has 1 aromatic rings. The van der Waals surface area contributed by atoms with E-state index in [1.54, 1.807) is 0 Å². The first kappa shape index (κ1) is 12.5. The molecule has 0 bridgehead atoms. The molecule has 1 aliphatic rings. The van der Waals surface area contributed by atoms with Crippen LogP contribution < -0.4 is 5.32 Å². The summed E-state index contributed by atoms with van der Waals surface area (Å²) in [6, 6.07) is 1.21. The minimum absolute atomic E-state index is 0.574. The normalized spacial score (nSPS) is 26.3. The molecular formula is C12H22N4O. The summed E-state index contributed by atoms with van der Waals surface area (Å²) in [5.41, 5.74) is 0. The molecule has 0 saturated carbocycles. The molecule has 0 radical (unpaired) electrons. The van der Waals surface area contributed by atoms with Crippen molar-refractivity contribution >= 4 is 0 Å². The topological polar surface area (TPSA) is 54.2 Å². The molecule has 0 aliphatic carbocycles. The Morgan fingerprint density at radius 1 is 1.53 bits per heavy atom. The van der Waals surface area contributed by atoms with Crippen LogP contribution in [0, 0.1) is 6.92 Å².